The van der Waals surface area contributed by atoms with Gasteiger partial charge in [0, 0.05) is 11.6 Å². The number of ether oxygens (including phenoxy) is 2. The van der Waals surface area contributed by atoms with Crippen molar-refractivity contribution >= 4 is 28.5 Å². The number of carbonyl (C=O) groups excluding carboxylic acids is 1. The molecule has 1 aromatic heterocycles. The van der Waals surface area contributed by atoms with E-state index in [1.807, 2.05) is 75.4 Å². The summed E-state index contributed by atoms with van der Waals surface area (Å²) in [5, 5.41) is 3.89. The van der Waals surface area contributed by atoms with Gasteiger partial charge in [0.15, 0.2) is 0 Å². The number of amides is 1. The van der Waals surface area contributed by atoms with Gasteiger partial charge in [-0.25, -0.2) is 4.98 Å². The van der Waals surface area contributed by atoms with Crippen molar-refractivity contribution < 1.29 is 14.3 Å². The maximum atomic E-state index is 12.8. The van der Waals surface area contributed by atoms with Crippen molar-refractivity contribution in [2.75, 3.05) is 13.7 Å². The Bertz CT molecular complexity index is 1320. The van der Waals surface area contributed by atoms with Crippen LogP contribution in [-0.4, -0.2) is 29.2 Å². The molecule has 0 aliphatic heterocycles. The molecule has 4 rings (SSSR count). The van der Waals surface area contributed by atoms with Gasteiger partial charge in [0.25, 0.3) is 0 Å². The van der Waals surface area contributed by atoms with Crippen LogP contribution in [0.15, 0.2) is 60.7 Å². The van der Waals surface area contributed by atoms with Crippen molar-refractivity contribution in [3.63, 3.8) is 0 Å². The van der Waals surface area contributed by atoms with Gasteiger partial charge in [-0.1, -0.05) is 35.9 Å². The molecule has 0 saturated heterocycles. The molecule has 7 heteroatoms. The molecule has 1 N–H and O–H groups in total. The molecule has 1 unspecified atom stereocenters. The van der Waals surface area contributed by atoms with Crippen LogP contribution in [-0.2, 0) is 17.8 Å². The standard InChI is InChI=1S/C29H32ClN3O3/c1-19-16-24(17-20(2)28(19)30)36-15-7-14-33-26-9-6-5-8-25(26)32-29(33)21(3)31-27(34)18-22-10-12-23(35-4)13-11-22/h5-6,8-13,16-17,21H,7,14-15,18H2,1-4H3,(H,31,34). The van der Waals surface area contributed by atoms with Crippen LogP contribution in [0.3, 0.4) is 0 Å². The maximum Gasteiger partial charge on any atom is 0.224 e. The Hall–Kier alpha value is -3.51. The number of halogens is 1. The molecule has 0 saturated carbocycles. The summed E-state index contributed by atoms with van der Waals surface area (Å²) in [4.78, 5) is 17.6. The summed E-state index contributed by atoms with van der Waals surface area (Å²) in [6.45, 7) is 7.22. The van der Waals surface area contributed by atoms with E-state index in [2.05, 4.69) is 16.0 Å². The molecule has 1 heterocycles. The van der Waals surface area contributed by atoms with Crippen molar-refractivity contribution in [1.82, 2.24) is 14.9 Å². The van der Waals surface area contributed by atoms with Gasteiger partial charge >= 0.3 is 0 Å². The van der Waals surface area contributed by atoms with Crippen LogP contribution in [0.2, 0.25) is 5.02 Å². The number of aryl methyl sites for hydroxylation is 3. The molecule has 6 nitrogen and oxygen atoms in total. The van der Waals surface area contributed by atoms with Crippen LogP contribution in [0.4, 0.5) is 0 Å². The second-order valence-corrected chi connectivity index (χ2v) is 9.38. The predicted octanol–water partition coefficient (Wildman–Crippen LogP) is 6.20. The lowest BCUT2D eigenvalue weighted by atomic mass is 10.1. The summed E-state index contributed by atoms with van der Waals surface area (Å²) in [5.41, 5.74) is 4.90. The number of fused-ring (bicyclic) bond motifs is 1. The molecule has 0 spiro atoms. The molecule has 36 heavy (non-hydrogen) atoms. The first-order valence-electron chi connectivity index (χ1n) is 12.1. The Morgan fingerprint density at radius 3 is 2.44 bits per heavy atom. The van der Waals surface area contributed by atoms with Gasteiger partial charge in [-0.2, -0.15) is 0 Å². The fourth-order valence-corrected chi connectivity index (χ4v) is 4.46. The topological polar surface area (TPSA) is 65.4 Å². The number of rotatable bonds is 10. The molecule has 4 aromatic rings. The zero-order chi connectivity index (χ0) is 25.7. The van der Waals surface area contributed by atoms with Gasteiger partial charge < -0.3 is 19.4 Å². The van der Waals surface area contributed by atoms with E-state index < -0.39 is 0 Å². The number of para-hydroxylation sites is 2. The van der Waals surface area contributed by atoms with Crippen molar-refractivity contribution in [3.8, 4) is 11.5 Å². The molecule has 1 atom stereocenters. The molecule has 0 aliphatic rings. The van der Waals surface area contributed by atoms with Crippen molar-refractivity contribution in [2.45, 2.75) is 46.2 Å². The van der Waals surface area contributed by atoms with E-state index in [-0.39, 0.29) is 11.9 Å². The minimum atomic E-state index is -0.245. The molecule has 0 radical (unpaired) electrons. The van der Waals surface area contributed by atoms with Crippen molar-refractivity contribution in [2.24, 2.45) is 0 Å². The average molecular weight is 506 g/mol. The highest BCUT2D eigenvalue weighted by Crippen LogP contribution is 2.26. The van der Waals surface area contributed by atoms with E-state index in [4.69, 9.17) is 26.1 Å². The fourth-order valence-electron chi connectivity index (χ4n) is 4.35. The number of nitrogens with one attached hydrogen (secondary N) is 1. The normalized spacial score (nSPS) is 11.9. The zero-order valence-electron chi connectivity index (χ0n) is 21.2. The molecule has 0 bridgehead atoms. The smallest absolute Gasteiger partial charge is 0.224 e. The number of nitrogens with zero attached hydrogens (tertiary/aromatic N) is 2. The molecule has 3 aromatic carbocycles. The van der Waals surface area contributed by atoms with E-state index in [9.17, 15) is 4.79 Å². The van der Waals surface area contributed by atoms with Gasteiger partial charge in [0.2, 0.25) is 5.91 Å². The third-order valence-electron chi connectivity index (χ3n) is 6.18. The highest BCUT2D eigenvalue weighted by molar-refractivity contribution is 6.32. The van der Waals surface area contributed by atoms with Crippen molar-refractivity contribution in [1.29, 1.82) is 0 Å². The summed E-state index contributed by atoms with van der Waals surface area (Å²) >= 11 is 6.27. The van der Waals surface area contributed by atoms with Crippen LogP contribution >= 0.6 is 11.6 Å². The third kappa shape index (κ3) is 6.00. The molecular formula is C29H32ClN3O3. The molecule has 0 aliphatic carbocycles. The van der Waals surface area contributed by atoms with E-state index in [0.717, 1.165) is 63.0 Å². The molecular weight excluding hydrogens is 474 g/mol. The molecule has 0 fully saturated rings. The zero-order valence-corrected chi connectivity index (χ0v) is 21.9. The third-order valence-corrected chi connectivity index (χ3v) is 6.77. The second-order valence-electron chi connectivity index (χ2n) is 9.00. The SMILES string of the molecule is COc1ccc(CC(=O)NC(C)c2nc3ccccc3n2CCCOc2cc(C)c(Cl)c(C)c2)cc1. The van der Waals surface area contributed by atoms with Crippen LogP contribution in [0, 0.1) is 13.8 Å². The summed E-state index contributed by atoms with van der Waals surface area (Å²) in [5.74, 6) is 2.37. The van der Waals surface area contributed by atoms with Crippen LogP contribution < -0.4 is 14.8 Å². The summed E-state index contributed by atoms with van der Waals surface area (Å²) in [6, 6.07) is 19.3. The number of aromatic nitrogens is 2. The van der Waals surface area contributed by atoms with E-state index in [0.29, 0.717) is 13.0 Å². The Morgan fingerprint density at radius 2 is 1.75 bits per heavy atom. The van der Waals surface area contributed by atoms with Gasteiger partial charge in [0.1, 0.15) is 17.3 Å². The highest BCUT2D eigenvalue weighted by Gasteiger charge is 2.18. The average Bonchev–Trinajstić information content (AvgIpc) is 3.24. The lowest BCUT2D eigenvalue weighted by Crippen LogP contribution is -2.30. The summed E-state index contributed by atoms with van der Waals surface area (Å²) < 4.78 is 13.4. The van der Waals surface area contributed by atoms with Gasteiger partial charge in [-0.15, -0.1) is 0 Å². The quantitative estimate of drug-likeness (QED) is 0.260. The predicted molar refractivity (Wildman–Crippen MR) is 144 cm³/mol. The van der Waals surface area contributed by atoms with E-state index in [1.165, 1.54) is 0 Å². The minimum absolute atomic E-state index is 0.0527. The van der Waals surface area contributed by atoms with E-state index >= 15 is 0 Å². The number of carbonyl (C=O) groups is 1. The summed E-state index contributed by atoms with van der Waals surface area (Å²) in [6.07, 6.45) is 1.09. The number of benzene rings is 3. The van der Waals surface area contributed by atoms with Crippen LogP contribution in [0.5, 0.6) is 11.5 Å². The lowest BCUT2D eigenvalue weighted by Gasteiger charge is -2.17. The molecule has 188 valence electrons. The van der Waals surface area contributed by atoms with Gasteiger partial charge in [0.05, 0.1) is 37.2 Å². The first-order valence-corrected chi connectivity index (χ1v) is 12.5. The van der Waals surface area contributed by atoms with Crippen molar-refractivity contribution in [3.05, 3.63) is 88.2 Å². The second kappa shape index (κ2) is 11.5. The Labute approximate surface area is 217 Å². The van der Waals surface area contributed by atoms with Gasteiger partial charge in [-0.3, -0.25) is 4.79 Å². The van der Waals surface area contributed by atoms with Crippen LogP contribution in [0.1, 0.15) is 41.9 Å². The number of hydrogen-bond acceptors (Lipinski definition) is 4. The van der Waals surface area contributed by atoms with Crippen LogP contribution in [0.25, 0.3) is 11.0 Å². The largest absolute Gasteiger partial charge is 0.497 e. The minimum Gasteiger partial charge on any atom is -0.497 e. The first kappa shape index (κ1) is 25.6. The lowest BCUT2D eigenvalue weighted by molar-refractivity contribution is -0.121. The monoisotopic (exact) mass is 505 g/mol. The fraction of sp³-hybridized carbons (Fsp3) is 0.310. The number of methoxy groups -OCH3 is 1. The Morgan fingerprint density at radius 1 is 1.06 bits per heavy atom. The van der Waals surface area contributed by atoms with Gasteiger partial charge in [-0.05, 0) is 80.3 Å². The maximum absolute atomic E-state index is 12.8. The summed E-state index contributed by atoms with van der Waals surface area (Å²) in [7, 11) is 1.63. The molecule has 1 amide bonds. The van der Waals surface area contributed by atoms with E-state index in [1.54, 1.807) is 7.11 Å². The number of imidazole rings is 1. The Balaban J connectivity index is 1.42. The Kier molecular flexibility index (Phi) is 8.16. The highest BCUT2D eigenvalue weighted by atomic mass is 35.5. The number of hydrogen-bond donors (Lipinski definition) is 1. The first-order chi connectivity index (χ1) is 17.4.